The molecule has 1 N–H and O–H groups in total. The van der Waals surface area contributed by atoms with E-state index in [2.05, 4.69) is 65.5 Å². The summed E-state index contributed by atoms with van der Waals surface area (Å²) in [6.45, 7) is 2.61. The molecule has 0 saturated heterocycles. The second-order valence-corrected chi connectivity index (χ2v) is 7.67. The number of anilines is 1. The Bertz CT molecular complexity index is 1200. The fraction of sp³-hybridized carbons (Fsp3) is 0.115. The van der Waals surface area contributed by atoms with Crippen molar-refractivity contribution in [1.29, 1.82) is 0 Å². The number of carbonyl (C=O) groups excluding carboxylic acids is 1. The lowest BCUT2D eigenvalue weighted by molar-refractivity contribution is 0.194. The van der Waals surface area contributed by atoms with E-state index in [0.717, 1.165) is 28.2 Å². The monoisotopic (exact) mass is 393 g/mol. The maximum atomic E-state index is 13.5. The van der Waals surface area contributed by atoms with E-state index in [1.165, 1.54) is 5.56 Å². The molecule has 4 aromatic rings. The minimum absolute atomic E-state index is 0.114. The van der Waals surface area contributed by atoms with E-state index in [9.17, 15) is 4.79 Å². The summed E-state index contributed by atoms with van der Waals surface area (Å²) in [6.07, 6.45) is 2.08. The van der Waals surface area contributed by atoms with Crippen LogP contribution >= 0.6 is 0 Å². The average Bonchev–Trinajstić information content (AvgIpc) is 3.18. The van der Waals surface area contributed by atoms with Crippen molar-refractivity contribution in [2.45, 2.75) is 19.5 Å². The van der Waals surface area contributed by atoms with Crippen molar-refractivity contribution in [3.63, 3.8) is 0 Å². The summed E-state index contributed by atoms with van der Waals surface area (Å²) in [5.41, 5.74) is 6.38. The second-order valence-electron chi connectivity index (χ2n) is 7.67. The minimum Gasteiger partial charge on any atom is -0.318 e. The molecular weight excluding hydrogens is 370 g/mol. The number of urea groups is 1. The van der Waals surface area contributed by atoms with E-state index in [1.54, 1.807) is 0 Å². The van der Waals surface area contributed by atoms with Crippen LogP contribution in [0.3, 0.4) is 0 Å². The molecule has 2 amide bonds. The molecule has 4 nitrogen and oxygen atoms in total. The number of aryl methyl sites for hydroxylation is 1. The molecule has 0 fully saturated rings. The Morgan fingerprint density at radius 2 is 1.70 bits per heavy atom. The summed E-state index contributed by atoms with van der Waals surface area (Å²) in [6, 6.07) is 30.2. The lowest BCUT2D eigenvalue weighted by Crippen LogP contribution is -2.37. The number of para-hydroxylation sites is 2. The first-order chi connectivity index (χ1) is 14.7. The van der Waals surface area contributed by atoms with Gasteiger partial charge in [-0.15, -0.1) is 0 Å². The van der Waals surface area contributed by atoms with Crippen LogP contribution in [0.25, 0.3) is 5.69 Å². The third kappa shape index (κ3) is 3.26. The molecule has 0 spiro atoms. The normalized spacial score (nSPS) is 15.1. The molecule has 1 atom stereocenters. The van der Waals surface area contributed by atoms with Gasteiger partial charge < -0.3 is 14.8 Å². The Labute approximate surface area is 176 Å². The van der Waals surface area contributed by atoms with E-state index in [1.807, 2.05) is 53.4 Å². The third-order valence-electron chi connectivity index (χ3n) is 5.61. The van der Waals surface area contributed by atoms with Crippen LogP contribution in [0.1, 0.15) is 28.4 Å². The molecule has 148 valence electrons. The Hall–Kier alpha value is -3.79. The van der Waals surface area contributed by atoms with Crippen molar-refractivity contribution in [3.8, 4) is 5.69 Å². The molecular formula is C26H23N3O. The highest BCUT2D eigenvalue weighted by molar-refractivity contribution is 5.90. The van der Waals surface area contributed by atoms with Crippen LogP contribution in [0.5, 0.6) is 0 Å². The number of amides is 2. The first kappa shape index (κ1) is 18.3. The molecule has 2 heterocycles. The van der Waals surface area contributed by atoms with E-state index in [4.69, 9.17) is 0 Å². The second kappa shape index (κ2) is 7.56. The number of rotatable bonds is 2. The smallest absolute Gasteiger partial charge is 0.318 e. The largest absolute Gasteiger partial charge is 0.322 e. The van der Waals surface area contributed by atoms with Crippen molar-refractivity contribution in [2.75, 3.05) is 5.32 Å². The van der Waals surface area contributed by atoms with Crippen molar-refractivity contribution >= 4 is 11.7 Å². The summed E-state index contributed by atoms with van der Waals surface area (Å²) in [4.78, 5) is 15.5. The van der Waals surface area contributed by atoms with Crippen LogP contribution in [0.15, 0.2) is 97.2 Å². The first-order valence-electron chi connectivity index (χ1n) is 10.2. The lowest BCUT2D eigenvalue weighted by Gasteiger charge is -2.31. The lowest BCUT2D eigenvalue weighted by atomic mass is 10.00. The van der Waals surface area contributed by atoms with Crippen molar-refractivity contribution in [1.82, 2.24) is 9.47 Å². The molecule has 1 aliphatic rings. The minimum atomic E-state index is -0.198. The number of nitrogens with zero attached hydrogens (tertiary/aromatic N) is 2. The summed E-state index contributed by atoms with van der Waals surface area (Å²) >= 11 is 0. The maximum Gasteiger partial charge on any atom is 0.322 e. The van der Waals surface area contributed by atoms with Crippen LogP contribution in [0, 0.1) is 6.92 Å². The van der Waals surface area contributed by atoms with E-state index in [0.29, 0.717) is 6.54 Å². The Morgan fingerprint density at radius 1 is 0.900 bits per heavy atom. The van der Waals surface area contributed by atoms with Crippen molar-refractivity contribution in [3.05, 3.63) is 120 Å². The van der Waals surface area contributed by atoms with Crippen molar-refractivity contribution < 1.29 is 4.79 Å². The van der Waals surface area contributed by atoms with Gasteiger partial charge in [-0.3, -0.25) is 0 Å². The number of hydrogen-bond donors (Lipinski definition) is 1. The molecule has 3 aromatic carbocycles. The van der Waals surface area contributed by atoms with Crippen LogP contribution in [0.4, 0.5) is 10.5 Å². The topological polar surface area (TPSA) is 37.3 Å². The number of fused-ring (bicyclic) bond motifs is 3. The zero-order chi connectivity index (χ0) is 20.5. The predicted molar refractivity (Wildman–Crippen MR) is 120 cm³/mol. The zero-order valence-electron chi connectivity index (χ0n) is 16.8. The molecule has 1 aliphatic heterocycles. The predicted octanol–water partition coefficient (Wildman–Crippen LogP) is 5.92. The summed E-state index contributed by atoms with van der Waals surface area (Å²) in [5.74, 6) is 0. The maximum absolute atomic E-state index is 13.5. The summed E-state index contributed by atoms with van der Waals surface area (Å²) < 4.78 is 2.21. The Morgan fingerprint density at radius 3 is 2.53 bits per heavy atom. The van der Waals surface area contributed by atoms with Gasteiger partial charge in [-0.1, -0.05) is 66.2 Å². The molecule has 0 saturated carbocycles. The number of nitrogens with one attached hydrogen (secondary N) is 1. The van der Waals surface area contributed by atoms with Gasteiger partial charge in [0.15, 0.2) is 0 Å². The highest BCUT2D eigenvalue weighted by Crippen LogP contribution is 2.37. The Kier molecular flexibility index (Phi) is 4.60. The number of aromatic nitrogens is 1. The summed E-state index contributed by atoms with van der Waals surface area (Å²) in [5, 5.41) is 3.09. The molecule has 0 bridgehead atoms. The van der Waals surface area contributed by atoms with E-state index in [-0.39, 0.29) is 12.1 Å². The van der Waals surface area contributed by atoms with Gasteiger partial charge in [0.1, 0.15) is 0 Å². The van der Waals surface area contributed by atoms with Crippen LogP contribution < -0.4 is 5.32 Å². The van der Waals surface area contributed by atoms with Gasteiger partial charge in [0.25, 0.3) is 0 Å². The average molecular weight is 393 g/mol. The van der Waals surface area contributed by atoms with Crippen molar-refractivity contribution in [2.24, 2.45) is 0 Å². The fourth-order valence-electron chi connectivity index (χ4n) is 4.25. The quantitative estimate of drug-likeness (QED) is 0.451. The third-order valence-corrected chi connectivity index (χ3v) is 5.61. The van der Waals surface area contributed by atoms with Crippen LogP contribution in [-0.4, -0.2) is 15.5 Å². The van der Waals surface area contributed by atoms with Crippen LogP contribution in [-0.2, 0) is 6.54 Å². The number of hydrogen-bond acceptors (Lipinski definition) is 1. The van der Waals surface area contributed by atoms with Gasteiger partial charge in [0.05, 0.1) is 18.3 Å². The highest BCUT2D eigenvalue weighted by atomic mass is 16.2. The van der Waals surface area contributed by atoms with Gasteiger partial charge in [-0.05, 0) is 48.4 Å². The molecule has 0 aliphatic carbocycles. The standard InChI is InChI=1S/C26H23N3O/c1-19-9-7-11-20(17-19)25-24-15-8-16-28(24)23-14-6-5-10-21(23)18-29(25)26(30)27-22-12-3-2-4-13-22/h2-17,25H,18H2,1H3,(H,27,30)/t25-/m1/s1. The van der Waals surface area contributed by atoms with Gasteiger partial charge in [0, 0.05) is 17.6 Å². The molecule has 5 rings (SSSR count). The van der Waals surface area contributed by atoms with Gasteiger partial charge in [-0.25, -0.2) is 4.79 Å². The molecule has 0 unspecified atom stereocenters. The van der Waals surface area contributed by atoms with Crippen LogP contribution in [0.2, 0.25) is 0 Å². The highest BCUT2D eigenvalue weighted by Gasteiger charge is 2.33. The fourth-order valence-corrected chi connectivity index (χ4v) is 4.25. The van der Waals surface area contributed by atoms with Gasteiger partial charge in [0.2, 0.25) is 0 Å². The summed E-state index contributed by atoms with van der Waals surface area (Å²) in [7, 11) is 0. The SMILES string of the molecule is Cc1cccc([C@@H]2c3cccn3-c3ccccc3CN2C(=O)Nc2ccccc2)c1. The molecule has 4 heteroatoms. The van der Waals surface area contributed by atoms with Gasteiger partial charge >= 0.3 is 6.03 Å². The van der Waals surface area contributed by atoms with Gasteiger partial charge in [-0.2, -0.15) is 0 Å². The Balaban J connectivity index is 1.65. The molecule has 0 radical (unpaired) electrons. The zero-order valence-corrected chi connectivity index (χ0v) is 16.8. The first-order valence-corrected chi connectivity index (χ1v) is 10.2. The number of benzene rings is 3. The number of carbonyl (C=O) groups is 1. The molecule has 30 heavy (non-hydrogen) atoms. The van der Waals surface area contributed by atoms with E-state index < -0.39 is 0 Å². The van der Waals surface area contributed by atoms with E-state index >= 15 is 0 Å². The molecule has 1 aromatic heterocycles.